The zero-order chi connectivity index (χ0) is 18.8. The Bertz CT molecular complexity index is 976. The molecule has 0 aliphatic rings. The van der Waals surface area contributed by atoms with E-state index < -0.39 is 0 Å². The van der Waals surface area contributed by atoms with Gasteiger partial charge in [0.15, 0.2) is 0 Å². The van der Waals surface area contributed by atoms with E-state index in [9.17, 15) is 14.3 Å². The summed E-state index contributed by atoms with van der Waals surface area (Å²) in [4.78, 5) is 16.7. The van der Waals surface area contributed by atoms with Gasteiger partial charge < -0.3 is 10.4 Å². The van der Waals surface area contributed by atoms with Gasteiger partial charge in [-0.15, -0.1) is 0 Å². The smallest absolute Gasteiger partial charge is 0.257 e. The van der Waals surface area contributed by atoms with Crippen LogP contribution in [0.1, 0.15) is 27.0 Å². The Hall–Kier alpha value is -3.21. The molecule has 1 amide bonds. The highest BCUT2D eigenvalue weighted by atomic mass is 19.1. The van der Waals surface area contributed by atoms with Crippen LogP contribution in [0.5, 0.6) is 5.75 Å². The van der Waals surface area contributed by atoms with Crippen molar-refractivity contribution in [3.05, 3.63) is 76.9 Å². The average Bonchev–Trinajstić information content (AvgIpc) is 2.61. The molecule has 26 heavy (non-hydrogen) atoms. The van der Waals surface area contributed by atoms with Crippen molar-refractivity contribution >= 4 is 11.6 Å². The van der Waals surface area contributed by atoms with Gasteiger partial charge in [0.25, 0.3) is 5.91 Å². The molecule has 2 N–H and O–H groups in total. The van der Waals surface area contributed by atoms with E-state index in [1.165, 1.54) is 24.4 Å². The number of phenolic OH excluding ortho intramolecular Hbond substituents is 1. The highest BCUT2D eigenvalue weighted by molar-refractivity contribution is 6.05. The summed E-state index contributed by atoms with van der Waals surface area (Å²) < 4.78 is 13.2. The fraction of sp³-hybridized carbons (Fsp3) is 0.143. The Balaban J connectivity index is 1.90. The first-order chi connectivity index (χ1) is 12.3. The zero-order valence-corrected chi connectivity index (χ0v) is 14.8. The molecule has 5 heteroatoms. The van der Waals surface area contributed by atoms with Gasteiger partial charge in [0.1, 0.15) is 11.6 Å². The molecule has 0 bridgehead atoms. The second-order valence-corrected chi connectivity index (χ2v) is 6.33. The van der Waals surface area contributed by atoms with Gasteiger partial charge in [0, 0.05) is 23.6 Å². The fourth-order valence-electron chi connectivity index (χ4n) is 2.81. The lowest BCUT2D eigenvalue weighted by molar-refractivity contribution is 0.102. The van der Waals surface area contributed by atoms with Gasteiger partial charge in [0.2, 0.25) is 0 Å². The van der Waals surface area contributed by atoms with E-state index in [-0.39, 0.29) is 17.5 Å². The number of carbonyl (C=O) groups is 1. The van der Waals surface area contributed by atoms with Gasteiger partial charge in [0.05, 0.1) is 5.56 Å². The Morgan fingerprint density at radius 1 is 0.962 bits per heavy atom. The predicted molar refractivity (Wildman–Crippen MR) is 99.9 cm³/mol. The first-order valence-corrected chi connectivity index (χ1v) is 8.18. The second kappa shape index (κ2) is 6.96. The summed E-state index contributed by atoms with van der Waals surface area (Å²) in [6.45, 7) is 5.38. The van der Waals surface area contributed by atoms with Gasteiger partial charge >= 0.3 is 0 Å². The maximum atomic E-state index is 13.2. The monoisotopic (exact) mass is 350 g/mol. The van der Waals surface area contributed by atoms with Crippen LogP contribution in [0.25, 0.3) is 11.1 Å². The van der Waals surface area contributed by atoms with Crippen molar-refractivity contribution in [3.63, 3.8) is 0 Å². The van der Waals surface area contributed by atoms with E-state index in [1.54, 1.807) is 19.2 Å². The molecule has 3 rings (SSSR count). The van der Waals surface area contributed by atoms with E-state index in [2.05, 4.69) is 10.3 Å². The molecule has 0 saturated carbocycles. The molecule has 3 aromatic rings. The van der Waals surface area contributed by atoms with Gasteiger partial charge in [-0.25, -0.2) is 4.39 Å². The van der Waals surface area contributed by atoms with Crippen LogP contribution in [0.4, 0.5) is 10.1 Å². The third-order valence-electron chi connectivity index (χ3n) is 4.26. The Labute approximate surface area is 151 Å². The third kappa shape index (κ3) is 3.57. The highest BCUT2D eigenvalue weighted by Gasteiger charge is 2.11. The predicted octanol–water partition coefficient (Wildman–Crippen LogP) is 4.77. The van der Waals surface area contributed by atoms with E-state index in [1.807, 2.05) is 26.0 Å². The van der Waals surface area contributed by atoms with Crippen molar-refractivity contribution < 1.29 is 14.3 Å². The van der Waals surface area contributed by atoms with Crippen LogP contribution >= 0.6 is 0 Å². The standard InChI is InChI=1S/C21H19FN2O2/c1-12-8-18(22)4-5-19(12)24-21(26)17-9-16(10-23-11-17)15-6-13(2)20(25)14(3)7-15/h4-11,25H,1-3H3,(H,24,26). The van der Waals surface area contributed by atoms with Gasteiger partial charge in [-0.3, -0.25) is 9.78 Å². The summed E-state index contributed by atoms with van der Waals surface area (Å²) in [6.07, 6.45) is 3.16. The van der Waals surface area contributed by atoms with Crippen LogP contribution < -0.4 is 5.32 Å². The number of aromatic hydroxyl groups is 1. The number of pyridine rings is 1. The lowest BCUT2D eigenvalue weighted by Gasteiger charge is -2.11. The molecule has 0 spiro atoms. The number of hydrogen-bond donors (Lipinski definition) is 2. The number of anilines is 1. The fourth-order valence-corrected chi connectivity index (χ4v) is 2.81. The first kappa shape index (κ1) is 17.6. The zero-order valence-electron chi connectivity index (χ0n) is 14.8. The maximum absolute atomic E-state index is 13.2. The number of aromatic nitrogens is 1. The van der Waals surface area contributed by atoms with E-state index in [4.69, 9.17) is 0 Å². The minimum Gasteiger partial charge on any atom is -0.507 e. The van der Waals surface area contributed by atoms with Crippen LogP contribution in [0.2, 0.25) is 0 Å². The number of carbonyl (C=O) groups excluding carboxylic acids is 1. The summed E-state index contributed by atoms with van der Waals surface area (Å²) in [5, 5.41) is 12.7. The number of phenols is 1. The number of rotatable bonds is 3. The van der Waals surface area contributed by atoms with E-state index in [0.29, 0.717) is 16.8 Å². The van der Waals surface area contributed by atoms with E-state index in [0.717, 1.165) is 22.3 Å². The number of nitrogens with zero attached hydrogens (tertiary/aromatic N) is 1. The summed E-state index contributed by atoms with van der Waals surface area (Å²) in [5.74, 6) is -0.397. The number of benzene rings is 2. The number of halogens is 1. The van der Waals surface area contributed by atoms with Crippen molar-refractivity contribution in [2.45, 2.75) is 20.8 Å². The molecular weight excluding hydrogens is 331 g/mol. The molecule has 0 saturated heterocycles. The van der Waals surface area contributed by atoms with Crippen molar-refractivity contribution in [2.24, 2.45) is 0 Å². The quantitative estimate of drug-likeness (QED) is 0.715. The Morgan fingerprint density at radius 3 is 2.31 bits per heavy atom. The number of hydrogen-bond acceptors (Lipinski definition) is 3. The SMILES string of the molecule is Cc1cc(F)ccc1NC(=O)c1cncc(-c2cc(C)c(O)c(C)c2)c1. The molecule has 0 unspecified atom stereocenters. The van der Waals surface area contributed by atoms with Gasteiger partial charge in [-0.1, -0.05) is 0 Å². The molecule has 1 heterocycles. The molecule has 0 radical (unpaired) electrons. The molecule has 0 aliphatic carbocycles. The molecular formula is C21H19FN2O2. The van der Waals surface area contributed by atoms with E-state index >= 15 is 0 Å². The van der Waals surface area contributed by atoms with Crippen LogP contribution in [-0.2, 0) is 0 Å². The van der Waals surface area contributed by atoms with Crippen LogP contribution in [0.3, 0.4) is 0 Å². The molecule has 1 aromatic heterocycles. The van der Waals surface area contributed by atoms with Gasteiger partial charge in [-0.2, -0.15) is 0 Å². The molecule has 0 atom stereocenters. The normalized spacial score (nSPS) is 10.6. The third-order valence-corrected chi connectivity index (χ3v) is 4.26. The van der Waals surface area contributed by atoms with Crippen molar-refractivity contribution in [2.75, 3.05) is 5.32 Å². The van der Waals surface area contributed by atoms with Crippen molar-refractivity contribution in [3.8, 4) is 16.9 Å². The molecule has 0 fully saturated rings. The number of amides is 1. The topological polar surface area (TPSA) is 62.2 Å². The minimum absolute atomic E-state index is 0.266. The summed E-state index contributed by atoms with van der Waals surface area (Å²) >= 11 is 0. The average molecular weight is 350 g/mol. The van der Waals surface area contributed by atoms with Crippen LogP contribution in [-0.4, -0.2) is 16.0 Å². The van der Waals surface area contributed by atoms with Crippen LogP contribution in [0.15, 0.2) is 48.8 Å². The van der Waals surface area contributed by atoms with Crippen molar-refractivity contribution in [1.82, 2.24) is 4.98 Å². The lowest BCUT2D eigenvalue weighted by atomic mass is 10.00. The minimum atomic E-state index is -0.345. The molecule has 0 aliphatic heterocycles. The lowest BCUT2D eigenvalue weighted by Crippen LogP contribution is -2.13. The largest absolute Gasteiger partial charge is 0.507 e. The molecule has 132 valence electrons. The first-order valence-electron chi connectivity index (χ1n) is 8.18. The number of aryl methyl sites for hydroxylation is 3. The van der Waals surface area contributed by atoms with Crippen molar-refractivity contribution in [1.29, 1.82) is 0 Å². The van der Waals surface area contributed by atoms with Gasteiger partial charge in [-0.05, 0) is 79.4 Å². The Kier molecular flexibility index (Phi) is 4.71. The summed E-state index contributed by atoms with van der Waals surface area (Å²) in [6, 6.07) is 9.65. The molecule has 4 nitrogen and oxygen atoms in total. The Morgan fingerprint density at radius 2 is 1.65 bits per heavy atom. The summed E-state index contributed by atoms with van der Waals surface area (Å²) in [7, 11) is 0. The highest BCUT2D eigenvalue weighted by Crippen LogP contribution is 2.29. The summed E-state index contributed by atoms with van der Waals surface area (Å²) in [5.41, 5.74) is 4.77. The second-order valence-electron chi connectivity index (χ2n) is 6.33. The number of nitrogens with one attached hydrogen (secondary N) is 1. The van der Waals surface area contributed by atoms with Crippen LogP contribution in [0, 0.1) is 26.6 Å². The molecule has 2 aromatic carbocycles. The maximum Gasteiger partial charge on any atom is 0.257 e.